The molecule has 6 nitrogen and oxygen atoms in total. The Morgan fingerprint density at radius 3 is 3.11 bits per heavy atom. The SMILES string of the molecule is Cc1c(C(C)NC(=O)CC2CNCCO2)cnn1C. The van der Waals surface area contributed by atoms with E-state index >= 15 is 0 Å². The van der Waals surface area contributed by atoms with Gasteiger partial charge in [-0.25, -0.2) is 0 Å². The molecule has 0 spiro atoms. The monoisotopic (exact) mass is 266 g/mol. The highest BCUT2D eigenvalue weighted by atomic mass is 16.5. The van der Waals surface area contributed by atoms with Gasteiger partial charge in [0.25, 0.3) is 0 Å². The minimum Gasteiger partial charge on any atom is -0.375 e. The predicted octanol–water partition coefficient (Wildman–Crippen LogP) is 0.284. The Morgan fingerprint density at radius 1 is 1.74 bits per heavy atom. The van der Waals surface area contributed by atoms with Crippen molar-refractivity contribution >= 4 is 5.91 Å². The van der Waals surface area contributed by atoms with Crippen molar-refractivity contribution in [3.8, 4) is 0 Å². The molecule has 1 amide bonds. The van der Waals surface area contributed by atoms with E-state index in [0.717, 1.165) is 24.3 Å². The molecule has 0 aliphatic carbocycles. The van der Waals surface area contributed by atoms with Crippen LogP contribution in [0.15, 0.2) is 6.20 Å². The largest absolute Gasteiger partial charge is 0.375 e. The lowest BCUT2D eigenvalue weighted by Gasteiger charge is -2.24. The maximum atomic E-state index is 12.0. The van der Waals surface area contributed by atoms with Crippen molar-refractivity contribution < 1.29 is 9.53 Å². The molecule has 2 rings (SSSR count). The van der Waals surface area contributed by atoms with Crippen molar-refractivity contribution in [2.45, 2.75) is 32.4 Å². The number of aromatic nitrogens is 2. The molecular formula is C13H22N4O2. The molecule has 1 saturated heterocycles. The van der Waals surface area contributed by atoms with E-state index in [9.17, 15) is 4.79 Å². The van der Waals surface area contributed by atoms with Crippen LogP contribution < -0.4 is 10.6 Å². The third kappa shape index (κ3) is 3.54. The van der Waals surface area contributed by atoms with Crippen molar-refractivity contribution in [1.82, 2.24) is 20.4 Å². The number of rotatable bonds is 4. The van der Waals surface area contributed by atoms with Crippen molar-refractivity contribution in [3.05, 3.63) is 17.5 Å². The molecule has 1 aromatic heterocycles. The number of nitrogens with zero attached hydrogens (tertiary/aromatic N) is 2. The van der Waals surface area contributed by atoms with E-state index in [1.165, 1.54) is 0 Å². The number of aryl methyl sites for hydroxylation is 1. The molecule has 1 aromatic rings. The van der Waals surface area contributed by atoms with Crippen LogP contribution in [-0.4, -0.2) is 41.5 Å². The standard InChI is InChI=1S/C13H22N4O2/c1-9(12-8-15-17(3)10(12)2)16-13(18)6-11-7-14-4-5-19-11/h8-9,11,14H,4-7H2,1-3H3,(H,16,18). The summed E-state index contributed by atoms with van der Waals surface area (Å²) in [5.41, 5.74) is 2.13. The summed E-state index contributed by atoms with van der Waals surface area (Å²) in [6.07, 6.45) is 2.19. The van der Waals surface area contributed by atoms with Gasteiger partial charge in [0.2, 0.25) is 5.91 Å². The quantitative estimate of drug-likeness (QED) is 0.821. The zero-order valence-corrected chi connectivity index (χ0v) is 11.8. The summed E-state index contributed by atoms with van der Waals surface area (Å²) in [7, 11) is 1.90. The van der Waals surface area contributed by atoms with E-state index in [4.69, 9.17) is 4.74 Å². The fourth-order valence-corrected chi connectivity index (χ4v) is 2.28. The second-order valence-electron chi connectivity index (χ2n) is 5.00. The molecule has 2 N–H and O–H groups in total. The zero-order valence-electron chi connectivity index (χ0n) is 11.8. The van der Waals surface area contributed by atoms with E-state index in [0.29, 0.717) is 13.0 Å². The van der Waals surface area contributed by atoms with E-state index in [2.05, 4.69) is 15.7 Å². The van der Waals surface area contributed by atoms with Gasteiger partial charge >= 0.3 is 0 Å². The number of amides is 1. The average molecular weight is 266 g/mol. The fourth-order valence-electron chi connectivity index (χ4n) is 2.28. The van der Waals surface area contributed by atoms with Gasteiger partial charge < -0.3 is 15.4 Å². The van der Waals surface area contributed by atoms with Gasteiger partial charge in [0.15, 0.2) is 0 Å². The highest BCUT2D eigenvalue weighted by Crippen LogP contribution is 2.16. The second-order valence-corrected chi connectivity index (χ2v) is 5.00. The van der Waals surface area contributed by atoms with E-state index < -0.39 is 0 Å². The summed E-state index contributed by atoms with van der Waals surface area (Å²) in [4.78, 5) is 12.0. The van der Waals surface area contributed by atoms with Crippen LogP contribution in [0.1, 0.15) is 30.6 Å². The Morgan fingerprint density at radius 2 is 2.53 bits per heavy atom. The minimum atomic E-state index is -0.0299. The highest BCUT2D eigenvalue weighted by molar-refractivity contribution is 5.77. The number of hydrogen-bond acceptors (Lipinski definition) is 4. The molecule has 1 fully saturated rings. The van der Waals surface area contributed by atoms with Gasteiger partial charge in [-0.2, -0.15) is 5.10 Å². The first-order valence-electron chi connectivity index (χ1n) is 6.68. The van der Waals surface area contributed by atoms with Crippen LogP contribution in [0.5, 0.6) is 0 Å². The molecule has 106 valence electrons. The lowest BCUT2D eigenvalue weighted by atomic mass is 10.1. The first-order valence-corrected chi connectivity index (χ1v) is 6.68. The fraction of sp³-hybridized carbons (Fsp3) is 0.692. The Bertz CT molecular complexity index is 438. The van der Waals surface area contributed by atoms with Gasteiger partial charge in [0.1, 0.15) is 0 Å². The summed E-state index contributed by atoms with van der Waals surface area (Å²) in [6.45, 7) is 6.26. The second kappa shape index (κ2) is 6.16. The maximum Gasteiger partial charge on any atom is 0.223 e. The van der Waals surface area contributed by atoms with Crippen LogP contribution in [0.3, 0.4) is 0 Å². The lowest BCUT2D eigenvalue weighted by Crippen LogP contribution is -2.41. The Hall–Kier alpha value is -1.40. The van der Waals surface area contributed by atoms with Crippen LogP contribution in [-0.2, 0) is 16.6 Å². The van der Waals surface area contributed by atoms with Crippen LogP contribution in [0.2, 0.25) is 0 Å². The number of carbonyl (C=O) groups is 1. The summed E-state index contributed by atoms with van der Waals surface area (Å²) in [5, 5.41) is 10.4. The molecule has 0 saturated carbocycles. The van der Waals surface area contributed by atoms with Crippen molar-refractivity contribution in [1.29, 1.82) is 0 Å². The van der Waals surface area contributed by atoms with Crippen molar-refractivity contribution in [2.24, 2.45) is 7.05 Å². The summed E-state index contributed by atoms with van der Waals surface area (Å²) in [5.74, 6) is 0.0180. The molecule has 1 aliphatic heterocycles. The Kier molecular flexibility index (Phi) is 4.55. The van der Waals surface area contributed by atoms with Crippen LogP contribution in [0.4, 0.5) is 0 Å². The number of carbonyl (C=O) groups excluding carboxylic acids is 1. The van der Waals surface area contributed by atoms with E-state index in [-0.39, 0.29) is 18.1 Å². The van der Waals surface area contributed by atoms with Gasteiger partial charge in [-0.3, -0.25) is 9.48 Å². The first kappa shape index (κ1) is 14.0. The summed E-state index contributed by atoms with van der Waals surface area (Å²) in [6, 6.07) is -0.0299. The average Bonchev–Trinajstić information content (AvgIpc) is 2.71. The maximum absolute atomic E-state index is 12.0. The molecule has 6 heteroatoms. The molecule has 0 aromatic carbocycles. The van der Waals surface area contributed by atoms with Crippen LogP contribution in [0.25, 0.3) is 0 Å². The zero-order chi connectivity index (χ0) is 13.8. The van der Waals surface area contributed by atoms with Gasteiger partial charge in [-0.1, -0.05) is 0 Å². The van der Waals surface area contributed by atoms with E-state index in [1.54, 1.807) is 6.20 Å². The van der Waals surface area contributed by atoms with Gasteiger partial charge in [0.05, 0.1) is 31.4 Å². The number of morpholine rings is 1. The highest BCUT2D eigenvalue weighted by Gasteiger charge is 2.20. The van der Waals surface area contributed by atoms with Crippen LogP contribution >= 0.6 is 0 Å². The molecule has 2 heterocycles. The smallest absolute Gasteiger partial charge is 0.223 e. The van der Waals surface area contributed by atoms with Crippen molar-refractivity contribution in [3.63, 3.8) is 0 Å². The third-order valence-corrected chi connectivity index (χ3v) is 3.53. The normalized spacial score (nSPS) is 21.1. The topological polar surface area (TPSA) is 68.2 Å². The molecule has 19 heavy (non-hydrogen) atoms. The Balaban J connectivity index is 1.86. The molecule has 2 atom stereocenters. The summed E-state index contributed by atoms with van der Waals surface area (Å²) >= 11 is 0. The molecule has 0 bridgehead atoms. The van der Waals surface area contributed by atoms with Gasteiger partial charge in [-0.05, 0) is 13.8 Å². The number of nitrogens with one attached hydrogen (secondary N) is 2. The van der Waals surface area contributed by atoms with Crippen molar-refractivity contribution in [2.75, 3.05) is 19.7 Å². The third-order valence-electron chi connectivity index (χ3n) is 3.53. The summed E-state index contributed by atoms with van der Waals surface area (Å²) < 4.78 is 7.34. The molecule has 2 unspecified atom stereocenters. The molecular weight excluding hydrogens is 244 g/mol. The lowest BCUT2D eigenvalue weighted by molar-refractivity contribution is -0.125. The number of hydrogen-bond donors (Lipinski definition) is 2. The van der Waals surface area contributed by atoms with Crippen LogP contribution in [0, 0.1) is 6.92 Å². The van der Waals surface area contributed by atoms with E-state index in [1.807, 2.05) is 25.6 Å². The minimum absolute atomic E-state index is 0.0176. The molecule has 0 radical (unpaired) electrons. The molecule has 1 aliphatic rings. The van der Waals surface area contributed by atoms with Gasteiger partial charge in [0, 0.05) is 31.4 Å². The Labute approximate surface area is 113 Å². The van der Waals surface area contributed by atoms with Gasteiger partial charge in [-0.15, -0.1) is 0 Å². The number of ether oxygens (including phenoxy) is 1. The first-order chi connectivity index (χ1) is 9.08. The predicted molar refractivity (Wildman–Crippen MR) is 71.7 cm³/mol.